The molecule has 0 radical (unpaired) electrons. The van der Waals surface area contributed by atoms with Crippen LogP contribution in [0, 0.1) is 10.1 Å². The van der Waals surface area contributed by atoms with Crippen LogP contribution < -0.4 is 4.90 Å². The highest BCUT2D eigenvalue weighted by molar-refractivity contribution is 6.32. The van der Waals surface area contributed by atoms with Gasteiger partial charge in [-0.25, -0.2) is 4.90 Å². The Morgan fingerprint density at radius 1 is 1.00 bits per heavy atom. The molecule has 6 heteroatoms. The summed E-state index contributed by atoms with van der Waals surface area (Å²) >= 11 is 0. The lowest BCUT2D eigenvalue weighted by Crippen LogP contribution is -2.31. The monoisotopic (exact) mass is 246 g/mol. The van der Waals surface area contributed by atoms with Crippen LogP contribution in [-0.4, -0.2) is 16.7 Å². The van der Waals surface area contributed by atoms with Gasteiger partial charge in [-0.05, 0) is 26.0 Å². The van der Waals surface area contributed by atoms with E-state index in [1.54, 1.807) is 13.8 Å². The molecule has 0 saturated carbocycles. The van der Waals surface area contributed by atoms with Crippen LogP contribution in [0.5, 0.6) is 0 Å². The van der Waals surface area contributed by atoms with E-state index in [1.165, 1.54) is 24.3 Å². The second kappa shape index (κ2) is 4.06. The number of nitro groups is 1. The molecule has 0 spiro atoms. The molecule has 0 N–H and O–H groups in total. The Balaban J connectivity index is 2.37. The van der Waals surface area contributed by atoms with Crippen LogP contribution in [0.25, 0.3) is 0 Å². The van der Waals surface area contributed by atoms with E-state index in [9.17, 15) is 19.7 Å². The zero-order valence-corrected chi connectivity index (χ0v) is 9.84. The van der Waals surface area contributed by atoms with Gasteiger partial charge in [0.25, 0.3) is 17.5 Å². The Bertz CT molecular complexity index is 563. The van der Waals surface area contributed by atoms with Gasteiger partial charge < -0.3 is 0 Å². The maximum Gasteiger partial charge on any atom is 0.269 e. The third kappa shape index (κ3) is 1.67. The second-order valence-corrected chi connectivity index (χ2v) is 3.97. The maximum absolute atomic E-state index is 11.9. The fourth-order valence-electron chi connectivity index (χ4n) is 1.71. The molecule has 1 aromatic carbocycles. The summed E-state index contributed by atoms with van der Waals surface area (Å²) in [4.78, 5) is 34.7. The largest absolute Gasteiger partial charge is 0.269 e. The van der Waals surface area contributed by atoms with Crippen molar-refractivity contribution in [3.63, 3.8) is 0 Å². The summed E-state index contributed by atoms with van der Waals surface area (Å²) < 4.78 is 0. The standard InChI is InChI=1S/C12H10N2O4/c1-7-8(2)12(16)13(11(7)15)9-3-5-10(6-4-9)14(17)18/h3-6H,1-2H3. The number of carbonyl (C=O) groups is 2. The fraction of sp³-hybridized carbons (Fsp3) is 0.167. The first-order valence-electron chi connectivity index (χ1n) is 5.24. The molecule has 0 fully saturated rings. The first-order valence-corrected chi connectivity index (χ1v) is 5.24. The van der Waals surface area contributed by atoms with Crippen molar-refractivity contribution in [3.05, 3.63) is 45.5 Å². The van der Waals surface area contributed by atoms with Crippen LogP contribution in [0.2, 0.25) is 0 Å². The second-order valence-electron chi connectivity index (χ2n) is 3.97. The maximum atomic E-state index is 11.9. The van der Waals surface area contributed by atoms with Crippen LogP contribution >= 0.6 is 0 Å². The van der Waals surface area contributed by atoms with E-state index < -0.39 is 4.92 Å². The number of benzene rings is 1. The highest BCUT2D eigenvalue weighted by atomic mass is 16.6. The van der Waals surface area contributed by atoms with E-state index in [-0.39, 0.29) is 17.5 Å². The van der Waals surface area contributed by atoms with Gasteiger partial charge in [0.15, 0.2) is 0 Å². The van der Waals surface area contributed by atoms with Gasteiger partial charge in [-0.15, -0.1) is 0 Å². The summed E-state index contributed by atoms with van der Waals surface area (Å²) in [6, 6.07) is 5.30. The summed E-state index contributed by atoms with van der Waals surface area (Å²) in [5.41, 5.74) is 1.06. The van der Waals surface area contributed by atoms with Gasteiger partial charge in [0, 0.05) is 23.3 Å². The zero-order valence-electron chi connectivity index (χ0n) is 9.84. The highest BCUT2D eigenvalue weighted by Crippen LogP contribution is 2.27. The fourth-order valence-corrected chi connectivity index (χ4v) is 1.71. The number of amides is 2. The van der Waals surface area contributed by atoms with E-state index in [4.69, 9.17) is 0 Å². The number of rotatable bonds is 2. The minimum atomic E-state index is -0.536. The molecule has 2 rings (SSSR count). The molecule has 0 bridgehead atoms. The first kappa shape index (κ1) is 12.0. The van der Waals surface area contributed by atoms with Crippen LogP contribution in [0.1, 0.15) is 13.8 Å². The van der Waals surface area contributed by atoms with Crippen molar-refractivity contribution in [2.75, 3.05) is 4.90 Å². The average molecular weight is 246 g/mol. The minimum absolute atomic E-state index is 0.0840. The van der Waals surface area contributed by atoms with Crippen LogP contribution in [-0.2, 0) is 9.59 Å². The highest BCUT2D eigenvalue weighted by Gasteiger charge is 2.34. The molecule has 0 saturated heterocycles. The number of nitrogens with zero attached hydrogens (tertiary/aromatic N) is 2. The van der Waals surface area contributed by atoms with E-state index >= 15 is 0 Å². The summed E-state index contributed by atoms with van der Waals surface area (Å²) in [6.45, 7) is 3.17. The van der Waals surface area contributed by atoms with Gasteiger partial charge in [-0.3, -0.25) is 19.7 Å². The number of imide groups is 1. The molecule has 1 aliphatic heterocycles. The molecule has 92 valence electrons. The Morgan fingerprint density at radius 2 is 1.44 bits per heavy atom. The number of hydrogen-bond acceptors (Lipinski definition) is 4. The molecular weight excluding hydrogens is 236 g/mol. The van der Waals surface area contributed by atoms with Crippen LogP contribution in [0.15, 0.2) is 35.4 Å². The molecule has 0 aliphatic carbocycles. The van der Waals surface area contributed by atoms with Crippen molar-refractivity contribution in [2.24, 2.45) is 0 Å². The number of nitro benzene ring substituents is 1. The normalized spacial score (nSPS) is 15.6. The van der Waals surface area contributed by atoms with Crippen molar-refractivity contribution < 1.29 is 14.5 Å². The Labute approximate surface area is 103 Å². The number of anilines is 1. The summed E-state index contributed by atoms with van der Waals surface area (Å²) in [7, 11) is 0. The molecule has 6 nitrogen and oxygen atoms in total. The Kier molecular flexibility index (Phi) is 2.70. The minimum Gasteiger partial charge on any atom is -0.269 e. The van der Waals surface area contributed by atoms with E-state index in [0.717, 1.165) is 4.90 Å². The lowest BCUT2D eigenvalue weighted by Gasteiger charge is -2.14. The quantitative estimate of drug-likeness (QED) is 0.452. The molecule has 1 aromatic rings. The van der Waals surface area contributed by atoms with Crippen LogP contribution in [0.4, 0.5) is 11.4 Å². The summed E-state index contributed by atoms with van der Waals surface area (Å²) in [6.07, 6.45) is 0. The average Bonchev–Trinajstić information content (AvgIpc) is 2.54. The van der Waals surface area contributed by atoms with Gasteiger partial charge in [0.2, 0.25) is 0 Å². The topological polar surface area (TPSA) is 80.5 Å². The van der Waals surface area contributed by atoms with Gasteiger partial charge in [-0.1, -0.05) is 0 Å². The predicted octanol–water partition coefficient (Wildman–Crippen LogP) is 1.80. The lowest BCUT2D eigenvalue weighted by molar-refractivity contribution is -0.384. The van der Waals surface area contributed by atoms with Crippen molar-refractivity contribution in [3.8, 4) is 0 Å². The molecular formula is C12H10N2O4. The van der Waals surface area contributed by atoms with E-state index in [0.29, 0.717) is 16.8 Å². The molecule has 0 aromatic heterocycles. The Morgan fingerprint density at radius 3 is 1.83 bits per heavy atom. The third-order valence-electron chi connectivity index (χ3n) is 2.93. The number of non-ortho nitro benzene ring substituents is 1. The van der Waals surface area contributed by atoms with Crippen molar-refractivity contribution in [2.45, 2.75) is 13.8 Å². The Hall–Kier alpha value is -2.50. The van der Waals surface area contributed by atoms with Crippen molar-refractivity contribution in [1.82, 2.24) is 0 Å². The molecule has 1 heterocycles. The first-order chi connectivity index (χ1) is 8.43. The van der Waals surface area contributed by atoms with Gasteiger partial charge in [0.05, 0.1) is 10.6 Å². The summed E-state index contributed by atoms with van der Waals surface area (Å²) in [5, 5.41) is 10.5. The van der Waals surface area contributed by atoms with Crippen LogP contribution in [0.3, 0.4) is 0 Å². The van der Waals surface area contributed by atoms with Gasteiger partial charge in [0.1, 0.15) is 0 Å². The molecule has 0 atom stereocenters. The van der Waals surface area contributed by atoms with Gasteiger partial charge >= 0.3 is 0 Å². The predicted molar refractivity (Wildman–Crippen MR) is 64.0 cm³/mol. The van der Waals surface area contributed by atoms with E-state index in [2.05, 4.69) is 0 Å². The lowest BCUT2D eigenvalue weighted by atomic mass is 10.2. The van der Waals surface area contributed by atoms with Crippen molar-refractivity contribution in [1.29, 1.82) is 0 Å². The zero-order chi connectivity index (χ0) is 13.4. The molecule has 0 unspecified atom stereocenters. The smallest absolute Gasteiger partial charge is 0.269 e. The number of carbonyl (C=O) groups excluding carboxylic acids is 2. The molecule has 18 heavy (non-hydrogen) atoms. The summed E-state index contributed by atoms with van der Waals surface area (Å²) in [5.74, 6) is -0.766. The molecule has 2 amide bonds. The third-order valence-corrected chi connectivity index (χ3v) is 2.93. The van der Waals surface area contributed by atoms with Crippen molar-refractivity contribution >= 4 is 23.2 Å². The van der Waals surface area contributed by atoms with E-state index in [1.807, 2.05) is 0 Å². The molecule has 1 aliphatic rings. The van der Waals surface area contributed by atoms with Gasteiger partial charge in [-0.2, -0.15) is 0 Å². The number of hydrogen-bond donors (Lipinski definition) is 0. The SMILES string of the molecule is CC1=C(C)C(=O)N(c2ccc([N+](=O)[O-])cc2)C1=O.